The van der Waals surface area contributed by atoms with Gasteiger partial charge in [-0.25, -0.2) is 9.07 Å². The molecular formula is C27H25FN6O3. The summed E-state index contributed by atoms with van der Waals surface area (Å²) in [6.45, 7) is 2.14. The average Bonchev–Trinajstić information content (AvgIpc) is 3.57. The van der Waals surface area contributed by atoms with Gasteiger partial charge < -0.3 is 20.7 Å². The summed E-state index contributed by atoms with van der Waals surface area (Å²) in [4.78, 5) is 28.8. The molecule has 10 heteroatoms. The highest BCUT2D eigenvalue weighted by atomic mass is 19.1. The Morgan fingerprint density at radius 1 is 1.24 bits per heavy atom. The number of nitrogens with one attached hydrogen (secondary N) is 3. The zero-order chi connectivity index (χ0) is 25.9. The maximum absolute atomic E-state index is 13.9. The van der Waals surface area contributed by atoms with Gasteiger partial charge >= 0.3 is 0 Å². The molecule has 4 aromatic rings. The smallest absolute Gasteiger partial charge is 0.256 e. The lowest BCUT2D eigenvalue weighted by atomic mass is 9.94. The molecule has 1 aliphatic rings. The van der Waals surface area contributed by atoms with Crippen LogP contribution in [0.4, 0.5) is 10.1 Å². The van der Waals surface area contributed by atoms with Crippen LogP contribution in [0.5, 0.6) is 0 Å². The fraction of sp³-hybridized carbons (Fsp3) is 0.185. The van der Waals surface area contributed by atoms with E-state index in [1.165, 1.54) is 23.0 Å². The number of carbonyl (C=O) groups is 2. The normalized spacial score (nSPS) is 14.5. The first-order valence-electron chi connectivity index (χ1n) is 11.8. The van der Waals surface area contributed by atoms with Gasteiger partial charge in [0.05, 0.1) is 30.8 Å². The highest BCUT2D eigenvalue weighted by Gasteiger charge is 2.28. The van der Waals surface area contributed by atoms with Crippen LogP contribution in [-0.4, -0.2) is 49.5 Å². The fourth-order valence-corrected chi connectivity index (χ4v) is 4.45. The fourth-order valence-electron chi connectivity index (χ4n) is 4.45. The van der Waals surface area contributed by atoms with E-state index in [1.54, 1.807) is 30.5 Å². The van der Waals surface area contributed by atoms with Crippen LogP contribution in [0.2, 0.25) is 0 Å². The highest BCUT2D eigenvalue weighted by Crippen LogP contribution is 2.40. The second-order valence-corrected chi connectivity index (χ2v) is 8.90. The lowest BCUT2D eigenvalue weighted by molar-refractivity contribution is -0.121. The number of hydrogen-bond acceptors (Lipinski definition) is 5. The molecule has 0 bridgehead atoms. The number of aromatic amines is 1. The molecule has 1 aliphatic heterocycles. The SMILES string of the molecule is Cc1cc(CC(=O)NCC(O)Cn2ccnn2)c(C=C2C(=O)Nc3cccc(-c4cccc(F)c4)c32)[nH]1. The van der Waals surface area contributed by atoms with Crippen LogP contribution in [0.3, 0.4) is 0 Å². The van der Waals surface area contributed by atoms with Crippen LogP contribution in [0.15, 0.2) is 60.9 Å². The first kappa shape index (κ1) is 24.1. The summed E-state index contributed by atoms with van der Waals surface area (Å²) in [6, 6.07) is 13.5. The van der Waals surface area contributed by atoms with Crippen LogP contribution < -0.4 is 10.6 Å². The molecule has 2 amide bonds. The van der Waals surface area contributed by atoms with E-state index in [4.69, 9.17) is 0 Å². The molecule has 3 heterocycles. The largest absolute Gasteiger partial charge is 0.389 e. The van der Waals surface area contributed by atoms with Gasteiger partial charge in [0.2, 0.25) is 5.91 Å². The number of benzene rings is 2. The third-order valence-corrected chi connectivity index (χ3v) is 6.08. The van der Waals surface area contributed by atoms with E-state index in [0.717, 1.165) is 11.3 Å². The Hall–Kier alpha value is -4.57. The first-order valence-corrected chi connectivity index (χ1v) is 11.8. The van der Waals surface area contributed by atoms with Gasteiger partial charge in [-0.2, -0.15) is 0 Å². The predicted molar refractivity (Wildman–Crippen MR) is 137 cm³/mol. The summed E-state index contributed by atoms with van der Waals surface area (Å²) in [5.74, 6) is -0.914. The van der Waals surface area contributed by atoms with Crippen molar-refractivity contribution in [2.75, 3.05) is 11.9 Å². The molecule has 4 N–H and O–H groups in total. The van der Waals surface area contributed by atoms with Crippen molar-refractivity contribution in [2.24, 2.45) is 0 Å². The van der Waals surface area contributed by atoms with Crippen molar-refractivity contribution in [1.82, 2.24) is 25.3 Å². The lowest BCUT2D eigenvalue weighted by Crippen LogP contribution is -2.35. The summed E-state index contributed by atoms with van der Waals surface area (Å²) in [7, 11) is 0. The molecule has 0 radical (unpaired) electrons. The Balaban J connectivity index is 1.38. The van der Waals surface area contributed by atoms with Crippen molar-refractivity contribution in [2.45, 2.75) is 26.0 Å². The Labute approximate surface area is 212 Å². The summed E-state index contributed by atoms with van der Waals surface area (Å²) in [5, 5.41) is 23.3. The monoisotopic (exact) mass is 500 g/mol. The number of nitrogens with zero attached hydrogens (tertiary/aromatic N) is 3. The molecule has 2 aromatic carbocycles. The third-order valence-electron chi connectivity index (χ3n) is 6.08. The highest BCUT2D eigenvalue weighted by molar-refractivity contribution is 6.36. The van der Waals surface area contributed by atoms with Gasteiger partial charge in [-0.15, -0.1) is 5.10 Å². The van der Waals surface area contributed by atoms with Gasteiger partial charge in [-0.05, 0) is 54.0 Å². The number of anilines is 1. The molecule has 0 spiro atoms. The van der Waals surface area contributed by atoms with Gasteiger partial charge in [0, 0.05) is 35.4 Å². The maximum atomic E-state index is 13.9. The summed E-state index contributed by atoms with van der Waals surface area (Å²) in [6.07, 6.45) is 4.10. The van der Waals surface area contributed by atoms with Crippen molar-refractivity contribution in [3.8, 4) is 11.1 Å². The number of hydrogen-bond donors (Lipinski definition) is 4. The average molecular weight is 501 g/mol. The number of aromatic nitrogens is 4. The number of fused-ring (bicyclic) bond motifs is 1. The van der Waals surface area contributed by atoms with Crippen LogP contribution in [0.1, 0.15) is 22.5 Å². The van der Waals surface area contributed by atoms with Gasteiger partial charge in [-0.1, -0.05) is 29.5 Å². The Bertz CT molecular complexity index is 1490. The number of aliphatic hydroxyl groups is 1. The van der Waals surface area contributed by atoms with E-state index >= 15 is 0 Å². The van der Waals surface area contributed by atoms with Crippen molar-refractivity contribution in [3.63, 3.8) is 0 Å². The molecule has 188 valence electrons. The first-order chi connectivity index (χ1) is 17.9. The molecule has 1 unspecified atom stereocenters. The zero-order valence-electron chi connectivity index (χ0n) is 20.0. The number of amides is 2. The van der Waals surface area contributed by atoms with E-state index in [1.807, 2.05) is 25.1 Å². The molecule has 5 rings (SSSR count). The van der Waals surface area contributed by atoms with Crippen LogP contribution in [0.25, 0.3) is 22.8 Å². The Morgan fingerprint density at radius 3 is 2.86 bits per heavy atom. The second kappa shape index (κ2) is 10.2. The molecule has 1 atom stereocenters. The number of carbonyl (C=O) groups excluding carboxylic acids is 2. The Morgan fingerprint density at radius 2 is 2.08 bits per heavy atom. The molecule has 2 aromatic heterocycles. The number of halogens is 1. The minimum absolute atomic E-state index is 0.0551. The number of rotatable bonds is 8. The molecule has 37 heavy (non-hydrogen) atoms. The van der Waals surface area contributed by atoms with Crippen LogP contribution in [0, 0.1) is 12.7 Å². The number of H-pyrrole nitrogens is 1. The molecule has 0 fully saturated rings. The summed E-state index contributed by atoms with van der Waals surface area (Å²) >= 11 is 0. The predicted octanol–water partition coefficient (Wildman–Crippen LogP) is 2.93. The summed E-state index contributed by atoms with van der Waals surface area (Å²) in [5.41, 5.74) is 5.29. The Kier molecular flexibility index (Phi) is 6.65. The zero-order valence-corrected chi connectivity index (χ0v) is 20.0. The van der Waals surface area contributed by atoms with Crippen LogP contribution in [-0.2, 0) is 22.6 Å². The van der Waals surface area contributed by atoms with E-state index in [-0.39, 0.29) is 37.1 Å². The van der Waals surface area contributed by atoms with E-state index < -0.39 is 6.10 Å². The minimum atomic E-state index is -0.819. The maximum Gasteiger partial charge on any atom is 0.256 e. The van der Waals surface area contributed by atoms with Gasteiger partial charge in [0.15, 0.2) is 0 Å². The molecule has 0 saturated carbocycles. The topological polar surface area (TPSA) is 125 Å². The second-order valence-electron chi connectivity index (χ2n) is 8.90. The van der Waals surface area contributed by atoms with Gasteiger partial charge in [0.25, 0.3) is 5.91 Å². The van der Waals surface area contributed by atoms with Crippen molar-refractivity contribution >= 4 is 29.2 Å². The molecule has 9 nitrogen and oxygen atoms in total. The summed E-state index contributed by atoms with van der Waals surface area (Å²) < 4.78 is 15.4. The molecule has 0 aliphatic carbocycles. The van der Waals surface area contributed by atoms with Crippen molar-refractivity contribution in [1.29, 1.82) is 0 Å². The number of aryl methyl sites for hydroxylation is 1. The van der Waals surface area contributed by atoms with Crippen molar-refractivity contribution in [3.05, 3.63) is 89.3 Å². The molecular weight excluding hydrogens is 475 g/mol. The van der Waals surface area contributed by atoms with E-state index in [2.05, 4.69) is 25.9 Å². The van der Waals surface area contributed by atoms with Gasteiger partial charge in [0.1, 0.15) is 5.82 Å². The minimum Gasteiger partial charge on any atom is -0.389 e. The third kappa shape index (κ3) is 5.34. The molecule has 0 saturated heterocycles. The van der Waals surface area contributed by atoms with E-state index in [0.29, 0.717) is 33.6 Å². The number of aliphatic hydroxyl groups excluding tert-OH is 1. The lowest BCUT2D eigenvalue weighted by Gasteiger charge is -2.12. The quantitative estimate of drug-likeness (QED) is 0.277. The van der Waals surface area contributed by atoms with Gasteiger partial charge in [-0.3, -0.25) is 9.59 Å². The van der Waals surface area contributed by atoms with E-state index in [9.17, 15) is 19.1 Å². The van der Waals surface area contributed by atoms with Crippen molar-refractivity contribution < 1.29 is 19.1 Å². The van der Waals surface area contributed by atoms with Crippen LogP contribution >= 0.6 is 0 Å². The standard InChI is InChI=1S/C27H25FN6O3/c1-16-10-18(12-25(36)29-14-20(35)15-34-9-8-30-33-34)24(31-16)13-22-26-21(17-4-2-5-19(28)11-17)6-3-7-23(26)32-27(22)37/h2-11,13,20,31,35H,12,14-15H2,1H3,(H,29,36)(H,32,37).